The molecule has 5 nitrogen and oxygen atoms in total. The predicted molar refractivity (Wildman–Crippen MR) is 93.2 cm³/mol. The van der Waals surface area contributed by atoms with Crippen molar-refractivity contribution in [1.29, 1.82) is 0 Å². The van der Waals surface area contributed by atoms with Crippen molar-refractivity contribution in [2.24, 2.45) is 0 Å². The van der Waals surface area contributed by atoms with Gasteiger partial charge in [-0.05, 0) is 55.3 Å². The molecule has 0 radical (unpaired) electrons. The average Bonchev–Trinajstić information content (AvgIpc) is 3.06. The van der Waals surface area contributed by atoms with Crippen molar-refractivity contribution in [3.05, 3.63) is 77.6 Å². The van der Waals surface area contributed by atoms with E-state index < -0.39 is 0 Å². The zero-order valence-electron chi connectivity index (χ0n) is 13.7. The van der Waals surface area contributed by atoms with E-state index in [9.17, 15) is 4.79 Å². The number of amides is 1. The van der Waals surface area contributed by atoms with E-state index in [-0.39, 0.29) is 12.6 Å². The van der Waals surface area contributed by atoms with Gasteiger partial charge in [-0.2, -0.15) is 5.10 Å². The number of benzene rings is 2. The van der Waals surface area contributed by atoms with Crippen LogP contribution in [0.3, 0.4) is 0 Å². The zero-order valence-corrected chi connectivity index (χ0v) is 13.7. The lowest BCUT2D eigenvalue weighted by atomic mass is 10.1. The van der Waals surface area contributed by atoms with Crippen molar-refractivity contribution in [2.75, 3.05) is 5.32 Å². The number of carbonyl (C=O) groups is 1. The number of nitrogens with zero attached hydrogens (tertiary/aromatic N) is 2. The second-order valence-corrected chi connectivity index (χ2v) is 5.58. The smallest absolute Gasteiger partial charge is 0.276 e. The minimum atomic E-state index is -0.239. The van der Waals surface area contributed by atoms with Crippen LogP contribution in [0.4, 0.5) is 5.69 Å². The van der Waals surface area contributed by atoms with E-state index in [0.29, 0.717) is 5.69 Å². The molecule has 122 valence electrons. The number of carbonyl (C=O) groups excluding carboxylic acids is 1. The van der Waals surface area contributed by atoms with E-state index in [2.05, 4.69) is 10.4 Å². The minimum absolute atomic E-state index is 0.239. The van der Waals surface area contributed by atoms with E-state index in [1.54, 1.807) is 16.9 Å². The molecule has 3 rings (SSSR count). The number of aromatic nitrogens is 2. The van der Waals surface area contributed by atoms with Gasteiger partial charge in [0, 0.05) is 11.9 Å². The van der Waals surface area contributed by atoms with E-state index in [1.165, 1.54) is 5.56 Å². The molecule has 1 heterocycles. The Kier molecular flexibility index (Phi) is 4.61. The van der Waals surface area contributed by atoms with Gasteiger partial charge >= 0.3 is 0 Å². The van der Waals surface area contributed by atoms with E-state index in [0.717, 1.165) is 17.0 Å². The maximum Gasteiger partial charge on any atom is 0.276 e. The molecule has 0 fully saturated rings. The van der Waals surface area contributed by atoms with Crippen LogP contribution < -0.4 is 10.1 Å². The van der Waals surface area contributed by atoms with Gasteiger partial charge in [0.15, 0.2) is 12.4 Å². The number of para-hydroxylation sites is 1. The molecule has 0 bridgehead atoms. The molecule has 0 spiro atoms. The number of anilines is 1. The van der Waals surface area contributed by atoms with Gasteiger partial charge in [-0.1, -0.05) is 24.3 Å². The van der Waals surface area contributed by atoms with Crippen molar-refractivity contribution in [3.63, 3.8) is 0 Å². The lowest BCUT2D eigenvalue weighted by Crippen LogP contribution is -2.14. The van der Waals surface area contributed by atoms with Gasteiger partial charge in [-0.15, -0.1) is 0 Å². The number of nitrogens with one attached hydrogen (secondary N) is 1. The largest absolute Gasteiger partial charge is 0.471 e. The summed E-state index contributed by atoms with van der Waals surface area (Å²) in [6.45, 7) is 4.30. The third-order valence-corrected chi connectivity index (χ3v) is 3.74. The van der Waals surface area contributed by atoms with Crippen molar-refractivity contribution < 1.29 is 9.53 Å². The van der Waals surface area contributed by atoms with Gasteiger partial charge in [-0.3, -0.25) is 4.79 Å². The van der Waals surface area contributed by atoms with Crippen LogP contribution in [0.1, 0.15) is 21.6 Å². The maximum atomic E-state index is 12.3. The van der Waals surface area contributed by atoms with E-state index in [4.69, 9.17) is 4.74 Å². The first-order valence-electron chi connectivity index (χ1n) is 7.72. The number of aryl methyl sites for hydroxylation is 2. The molecule has 0 aliphatic heterocycles. The number of hydrogen-bond donors (Lipinski definition) is 1. The van der Waals surface area contributed by atoms with Gasteiger partial charge < -0.3 is 10.1 Å². The Hall–Kier alpha value is -3.08. The highest BCUT2D eigenvalue weighted by Crippen LogP contribution is 2.15. The fraction of sp³-hybridized carbons (Fsp3) is 0.158. The Labute approximate surface area is 140 Å². The summed E-state index contributed by atoms with van der Waals surface area (Å²) in [5.74, 6) is 0.519. The lowest BCUT2D eigenvalue weighted by molar-refractivity contribution is 0.102. The van der Waals surface area contributed by atoms with Crippen LogP contribution in [0, 0.1) is 13.8 Å². The summed E-state index contributed by atoms with van der Waals surface area (Å²) < 4.78 is 7.19. The van der Waals surface area contributed by atoms with Crippen molar-refractivity contribution in [3.8, 4) is 5.75 Å². The molecule has 5 heteroatoms. The molecular formula is C19H19N3O2. The topological polar surface area (TPSA) is 56.2 Å². The quantitative estimate of drug-likeness (QED) is 0.778. The molecule has 24 heavy (non-hydrogen) atoms. The number of hydrogen-bond acceptors (Lipinski definition) is 3. The van der Waals surface area contributed by atoms with Gasteiger partial charge in [0.1, 0.15) is 5.75 Å². The molecule has 0 atom stereocenters. The average molecular weight is 321 g/mol. The van der Waals surface area contributed by atoms with Crippen molar-refractivity contribution in [1.82, 2.24) is 9.78 Å². The highest BCUT2D eigenvalue weighted by Gasteiger charge is 2.10. The monoisotopic (exact) mass is 321 g/mol. The van der Waals surface area contributed by atoms with Crippen LogP contribution in [0.5, 0.6) is 5.75 Å². The van der Waals surface area contributed by atoms with E-state index in [1.807, 2.05) is 62.4 Å². The Bertz CT molecular complexity index is 841. The maximum absolute atomic E-state index is 12.3. The van der Waals surface area contributed by atoms with Crippen LogP contribution in [-0.4, -0.2) is 15.7 Å². The summed E-state index contributed by atoms with van der Waals surface area (Å²) in [5, 5.41) is 7.10. The van der Waals surface area contributed by atoms with Crippen molar-refractivity contribution >= 4 is 11.6 Å². The molecule has 0 aliphatic carbocycles. The van der Waals surface area contributed by atoms with Crippen LogP contribution in [0.15, 0.2) is 60.8 Å². The number of ether oxygens (including phenoxy) is 1. The highest BCUT2D eigenvalue weighted by molar-refractivity contribution is 6.02. The first-order chi connectivity index (χ1) is 11.6. The first kappa shape index (κ1) is 15.8. The standard InChI is InChI=1S/C19H19N3O2/c1-14-8-9-16(12-15(14)2)20-19(23)18-10-11-22(21-18)13-24-17-6-4-3-5-7-17/h3-12H,13H2,1-2H3,(H,20,23). The van der Waals surface area contributed by atoms with Crippen molar-refractivity contribution in [2.45, 2.75) is 20.6 Å². The molecule has 0 aliphatic rings. The molecule has 2 aromatic carbocycles. The fourth-order valence-electron chi connectivity index (χ4n) is 2.23. The molecule has 1 amide bonds. The third-order valence-electron chi connectivity index (χ3n) is 3.74. The Morgan fingerprint density at radius 3 is 2.62 bits per heavy atom. The Balaban J connectivity index is 1.62. The minimum Gasteiger partial charge on any atom is -0.471 e. The fourth-order valence-corrected chi connectivity index (χ4v) is 2.23. The normalized spacial score (nSPS) is 10.4. The molecule has 1 aromatic heterocycles. The van der Waals surface area contributed by atoms with Crippen LogP contribution in [0.25, 0.3) is 0 Å². The van der Waals surface area contributed by atoms with Gasteiger partial charge in [0.2, 0.25) is 0 Å². The third kappa shape index (κ3) is 3.81. The Morgan fingerprint density at radius 1 is 1.08 bits per heavy atom. The molecule has 1 N–H and O–H groups in total. The van der Waals surface area contributed by atoms with E-state index >= 15 is 0 Å². The highest BCUT2D eigenvalue weighted by atomic mass is 16.5. The predicted octanol–water partition coefficient (Wildman–Crippen LogP) is 3.79. The first-order valence-corrected chi connectivity index (χ1v) is 7.72. The summed E-state index contributed by atoms with van der Waals surface area (Å²) in [7, 11) is 0. The zero-order chi connectivity index (χ0) is 16.9. The van der Waals surface area contributed by atoms with Crippen LogP contribution in [-0.2, 0) is 6.73 Å². The lowest BCUT2D eigenvalue weighted by Gasteiger charge is -2.07. The van der Waals surface area contributed by atoms with Gasteiger partial charge in [0.05, 0.1) is 0 Å². The van der Waals surface area contributed by atoms with Gasteiger partial charge in [0.25, 0.3) is 5.91 Å². The SMILES string of the molecule is Cc1ccc(NC(=O)c2ccn(COc3ccccc3)n2)cc1C. The molecule has 0 saturated carbocycles. The summed E-state index contributed by atoms with van der Waals surface area (Å²) in [6, 6.07) is 17.0. The molecular weight excluding hydrogens is 302 g/mol. The van der Waals surface area contributed by atoms with Crippen LogP contribution >= 0.6 is 0 Å². The second-order valence-electron chi connectivity index (χ2n) is 5.58. The number of rotatable bonds is 5. The van der Waals surface area contributed by atoms with Gasteiger partial charge in [-0.25, -0.2) is 4.68 Å². The van der Waals surface area contributed by atoms with Crippen LogP contribution in [0.2, 0.25) is 0 Å². The summed E-state index contributed by atoms with van der Waals surface area (Å²) in [6.07, 6.45) is 1.72. The Morgan fingerprint density at radius 2 is 1.88 bits per heavy atom. The summed E-state index contributed by atoms with van der Waals surface area (Å²) in [5.41, 5.74) is 3.44. The summed E-state index contributed by atoms with van der Waals surface area (Å²) >= 11 is 0. The molecule has 3 aromatic rings. The molecule has 0 saturated heterocycles. The molecule has 0 unspecified atom stereocenters. The summed E-state index contributed by atoms with van der Waals surface area (Å²) in [4.78, 5) is 12.3. The second kappa shape index (κ2) is 7.00.